The smallest absolute Gasteiger partial charge is 0.333 e. The molecule has 0 aliphatic heterocycles. The summed E-state index contributed by atoms with van der Waals surface area (Å²) in [6, 6.07) is 0. The van der Waals surface area contributed by atoms with Gasteiger partial charge in [0.25, 0.3) is 0 Å². The minimum atomic E-state index is -0.439. The van der Waals surface area contributed by atoms with E-state index in [1.165, 1.54) is 0 Å². The van der Waals surface area contributed by atoms with Crippen LogP contribution in [0, 0.1) is 11.3 Å². The molecule has 0 aliphatic carbocycles. The van der Waals surface area contributed by atoms with Crippen LogP contribution in [-0.4, -0.2) is 23.8 Å². The molecule has 0 heterocycles. The topological polar surface area (TPSA) is 46.5 Å². The Kier molecular flexibility index (Phi) is 8.00. The van der Waals surface area contributed by atoms with Gasteiger partial charge in [-0.1, -0.05) is 40.2 Å². The van der Waals surface area contributed by atoms with Crippen LogP contribution in [-0.2, 0) is 9.53 Å². The average Bonchev–Trinajstić information content (AvgIpc) is 2.46. The first-order valence-electron chi connectivity index (χ1n) is 7.36. The molecule has 112 valence electrons. The molecule has 0 saturated carbocycles. The molecule has 0 fully saturated rings. The van der Waals surface area contributed by atoms with Crippen LogP contribution >= 0.6 is 0 Å². The second kappa shape index (κ2) is 8.36. The molecule has 1 N–H and O–H groups in total. The van der Waals surface area contributed by atoms with Crippen LogP contribution < -0.4 is 0 Å². The largest absolute Gasteiger partial charge is 0.462 e. The fourth-order valence-corrected chi connectivity index (χ4v) is 2.23. The molecule has 0 radical (unpaired) electrons. The maximum absolute atomic E-state index is 11.7. The number of ether oxygens (including phenoxy) is 1. The molecule has 19 heavy (non-hydrogen) atoms. The van der Waals surface area contributed by atoms with Crippen molar-refractivity contribution in [3.05, 3.63) is 11.6 Å². The van der Waals surface area contributed by atoms with E-state index in [9.17, 15) is 9.90 Å². The molecule has 0 bridgehead atoms. The van der Waals surface area contributed by atoms with Gasteiger partial charge >= 0.3 is 5.97 Å². The fraction of sp³-hybridized carbons (Fsp3) is 0.812. The normalized spacial score (nSPS) is 16.1. The molecule has 3 heteroatoms. The molecular weight excluding hydrogens is 240 g/mol. The van der Waals surface area contributed by atoms with Gasteiger partial charge in [0.05, 0.1) is 12.7 Å². The first kappa shape index (κ1) is 18.2. The Morgan fingerprint density at radius 3 is 2.21 bits per heavy atom. The number of hydrogen-bond acceptors (Lipinski definition) is 3. The predicted molar refractivity (Wildman–Crippen MR) is 78.9 cm³/mol. The molecule has 0 saturated heterocycles. The highest BCUT2D eigenvalue weighted by Crippen LogP contribution is 2.36. The van der Waals surface area contributed by atoms with Crippen molar-refractivity contribution in [3.8, 4) is 0 Å². The monoisotopic (exact) mass is 270 g/mol. The maximum Gasteiger partial charge on any atom is 0.333 e. The Morgan fingerprint density at radius 1 is 1.32 bits per heavy atom. The Balaban J connectivity index is 4.86. The first-order chi connectivity index (χ1) is 8.88. The van der Waals surface area contributed by atoms with Crippen molar-refractivity contribution < 1.29 is 14.6 Å². The second-order valence-corrected chi connectivity index (χ2v) is 5.45. The summed E-state index contributed by atoms with van der Waals surface area (Å²) in [5.74, 6) is -0.0773. The van der Waals surface area contributed by atoms with Gasteiger partial charge in [0.2, 0.25) is 0 Å². The van der Waals surface area contributed by atoms with Crippen molar-refractivity contribution in [3.63, 3.8) is 0 Å². The highest BCUT2D eigenvalue weighted by atomic mass is 16.5. The van der Waals surface area contributed by atoms with E-state index in [2.05, 4.69) is 6.92 Å². The number of rotatable bonds is 8. The zero-order valence-electron chi connectivity index (χ0n) is 13.3. The molecule has 0 aromatic carbocycles. The van der Waals surface area contributed by atoms with E-state index in [4.69, 9.17) is 4.74 Å². The van der Waals surface area contributed by atoms with E-state index >= 15 is 0 Å². The predicted octanol–water partition coefficient (Wildman–Crippen LogP) is 3.71. The number of esters is 1. The molecule has 0 amide bonds. The Bertz CT molecular complexity index is 303. The molecule has 3 nitrogen and oxygen atoms in total. The van der Waals surface area contributed by atoms with E-state index in [-0.39, 0.29) is 23.9 Å². The third kappa shape index (κ3) is 4.64. The Morgan fingerprint density at radius 2 is 1.84 bits per heavy atom. The van der Waals surface area contributed by atoms with Gasteiger partial charge in [0.15, 0.2) is 0 Å². The van der Waals surface area contributed by atoms with Crippen molar-refractivity contribution in [1.29, 1.82) is 0 Å². The van der Waals surface area contributed by atoms with Crippen LogP contribution in [0.15, 0.2) is 11.6 Å². The van der Waals surface area contributed by atoms with Crippen LogP contribution in [0.2, 0.25) is 0 Å². The van der Waals surface area contributed by atoms with Crippen LogP contribution in [0.5, 0.6) is 0 Å². The van der Waals surface area contributed by atoms with Crippen molar-refractivity contribution in [2.75, 3.05) is 6.61 Å². The van der Waals surface area contributed by atoms with Gasteiger partial charge < -0.3 is 9.84 Å². The van der Waals surface area contributed by atoms with Gasteiger partial charge in [-0.25, -0.2) is 4.79 Å². The van der Waals surface area contributed by atoms with Gasteiger partial charge in [-0.15, -0.1) is 0 Å². The van der Waals surface area contributed by atoms with Gasteiger partial charge in [0.1, 0.15) is 0 Å². The quantitative estimate of drug-likeness (QED) is 0.540. The highest BCUT2D eigenvalue weighted by molar-refractivity contribution is 5.87. The summed E-state index contributed by atoms with van der Waals surface area (Å²) in [6.07, 6.45) is 3.83. The lowest BCUT2D eigenvalue weighted by Crippen LogP contribution is -2.43. The first-order valence-corrected chi connectivity index (χ1v) is 7.36. The van der Waals surface area contributed by atoms with Crippen molar-refractivity contribution in [1.82, 2.24) is 0 Å². The van der Waals surface area contributed by atoms with E-state index < -0.39 is 6.10 Å². The fourth-order valence-electron chi connectivity index (χ4n) is 2.23. The van der Waals surface area contributed by atoms with E-state index in [1.807, 2.05) is 27.7 Å². The van der Waals surface area contributed by atoms with E-state index in [1.54, 1.807) is 13.0 Å². The third-order valence-electron chi connectivity index (χ3n) is 4.46. The van der Waals surface area contributed by atoms with Gasteiger partial charge in [-0.05, 0) is 32.6 Å². The Labute approximate surface area is 118 Å². The molecule has 2 atom stereocenters. The van der Waals surface area contributed by atoms with Crippen molar-refractivity contribution in [2.24, 2.45) is 11.3 Å². The molecular formula is C16H30O3. The zero-order valence-corrected chi connectivity index (χ0v) is 13.3. The van der Waals surface area contributed by atoms with Crippen molar-refractivity contribution >= 4 is 5.97 Å². The molecule has 0 aromatic rings. The highest BCUT2D eigenvalue weighted by Gasteiger charge is 2.38. The maximum atomic E-state index is 11.7. The number of aliphatic hydroxyl groups is 1. The van der Waals surface area contributed by atoms with Crippen LogP contribution in [0.3, 0.4) is 0 Å². The summed E-state index contributed by atoms with van der Waals surface area (Å²) < 4.78 is 5.39. The summed E-state index contributed by atoms with van der Waals surface area (Å²) in [6.45, 7) is 12.1. The van der Waals surface area contributed by atoms with Crippen LogP contribution in [0.25, 0.3) is 0 Å². The lowest BCUT2D eigenvalue weighted by Gasteiger charge is -2.38. The minimum Gasteiger partial charge on any atom is -0.462 e. The van der Waals surface area contributed by atoms with Crippen LogP contribution in [0.4, 0.5) is 0 Å². The summed E-state index contributed by atoms with van der Waals surface area (Å²) in [5.41, 5.74) is 0.276. The standard InChI is InChI=1S/C16H30O3/c1-7-12(5)14(17)16(9-3,10-4)11-19-15(18)13(6)8-2/h8,12,14,17H,7,9-11H2,1-6H3. The van der Waals surface area contributed by atoms with Gasteiger partial charge in [-0.2, -0.15) is 0 Å². The summed E-state index contributed by atoms with van der Waals surface area (Å²) in [4.78, 5) is 11.7. The number of carbonyl (C=O) groups excluding carboxylic acids is 1. The lowest BCUT2D eigenvalue weighted by molar-refractivity contribution is -0.148. The third-order valence-corrected chi connectivity index (χ3v) is 4.46. The number of aliphatic hydroxyl groups excluding tert-OH is 1. The second-order valence-electron chi connectivity index (χ2n) is 5.45. The molecule has 0 aromatic heterocycles. The zero-order chi connectivity index (χ0) is 15.1. The number of allylic oxidation sites excluding steroid dienone is 1. The van der Waals surface area contributed by atoms with Crippen LogP contribution in [0.1, 0.15) is 60.8 Å². The van der Waals surface area contributed by atoms with E-state index in [0.717, 1.165) is 19.3 Å². The summed E-state index contributed by atoms with van der Waals surface area (Å²) >= 11 is 0. The van der Waals surface area contributed by atoms with Gasteiger partial charge in [-0.3, -0.25) is 0 Å². The molecule has 2 unspecified atom stereocenters. The molecule has 0 aliphatic rings. The number of carbonyl (C=O) groups is 1. The van der Waals surface area contributed by atoms with E-state index in [0.29, 0.717) is 5.57 Å². The van der Waals surface area contributed by atoms with Gasteiger partial charge in [0, 0.05) is 11.0 Å². The van der Waals surface area contributed by atoms with Crippen molar-refractivity contribution in [2.45, 2.75) is 66.9 Å². The average molecular weight is 270 g/mol. The summed E-state index contributed by atoms with van der Waals surface area (Å²) in [7, 11) is 0. The lowest BCUT2D eigenvalue weighted by atomic mass is 9.72. The summed E-state index contributed by atoms with van der Waals surface area (Å²) in [5, 5.41) is 10.5. The minimum absolute atomic E-state index is 0.210. The molecule has 0 rings (SSSR count). The number of hydrogen-bond donors (Lipinski definition) is 1. The SMILES string of the molecule is CC=C(C)C(=O)OCC(CC)(CC)C(O)C(C)CC. The Hall–Kier alpha value is -0.830. The molecule has 0 spiro atoms.